The van der Waals surface area contributed by atoms with Crippen molar-refractivity contribution in [1.82, 2.24) is 4.90 Å². The average molecular weight is 187 g/mol. The van der Waals surface area contributed by atoms with E-state index in [0.29, 0.717) is 0 Å². The molecule has 2 N–H and O–H groups in total. The van der Waals surface area contributed by atoms with Crippen molar-refractivity contribution in [2.75, 3.05) is 0 Å². The molecular formula is C11H13N3. The molecule has 0 spiro atoms. The van der Waals surface area contributed by atoms with Gasteiger partial charge < -0.3 is 4.90 Å². The summed E-state index contributed by atoms with van der Waals surface area (Å²) in [4.78, 5) is 6.09. The second-order valence-corrected chi connectivity index (χ2v) is 3.21. The van der Waals surface area contributed by atoms with Crippen LogP contribution in [0.25, 0.3) is 0 Å². The number of nitrogens with two attached hydrogens (primary N) is 1. The number of rotatable bonds is 2. The van der Waals surface area contributed by atoms with E-state index in [2.05, 4.69) is 17.1 Å². The fourth-order valence-electron chi connectivity index (χ4n) is 1.40. The quantitative estimate of drug-likeness (QED) is 0.758. The Labute approximate surface area is 83.6 Å². The molecule has 0 bridgehead atoms. The molecule has 1 aliphatic rings. The largest absolute Gasteiger partial charge is 0.340 e. The summed E-state index contributed by atoms with van der Waals surface area (Å²) in [5.41, 5.74) is 7.04. The van der Waals surface area contributed by atoms with E-state index in [9.17, 15) is 0 Å². The third-order valence-electron chi connectivity index (χ3n) is 2.15. The zero-order chi connectivity index (χ0) is 9.80. The molecule has 72 valence electrons. The lowest BCUT2D eigenvalue weighted by molar-refractivity contribution is 0.279. The maximum absolute atomic E-state index is 5.80. The fraction of sp³-hybridized carbons (Fsp3) is 0.182. The Morgan fingerprint density at radius 2 is 2.07 bits per heavy atom. The molecule has 1 aromatic carbocycles. The van der Waals surface area contributed by atoms with Gasteiger partial charge in [0.15, 0.2) is 6.29 Å². The summed E-state index contributed by atoms with van der Waals surface area (Å²) in [6.07, 6.45) is 5.34. The molecule has 1 atom stereocenters. The number of allylic oxidation sites excluding steroid dienone is 1. The van der Waals surface area contributed by atoms with E-state index in [1.165, 1.54) is 5.56 Å². The normalized spacial score (nSPS) is 20.1. The summed E-state index contributed by atoms with van der Waals surface area (Å²) in [5.74, 6) is 0. The van der Waals surface area contributed by atoms with E-state index < -0.39 is 0 Å². The summed E-state index contributed by atoms with van der Waals surface area (Å²) in [5, 5.41) is 0. The van der Waals surface area contributed by atoms with Crippen LogP contribution in [-0.4, -0.2) is 17.4 Å². The van der Waals surface area contributed by atoms with Crippen LogP contribution in [0.4, 0.5) is 0 Å². The zero-order valence-corrected chi connectivity index (χ0v) is 7.88. The Kier molecular flexibility index (Phi) is 2.60. The third kappa shape index (κ3) is 2.00. The maximum Gasteiger partial charge on any atom is 0.173 e. The summed E-state index contributed by atoms with van der Waals surface area (Å²) in [6, 6.07) is 10.2. The standard InChI is InChI=1S/C11H13N3/c12-11-13-7-4-8-14(11)9-10-5-2-1-3-6-10/h1-8,11H,9,12H2. The van der Waals surface area contributed by atoms with E-state index in [4.69, 9.17) is 5.73 Å². The van der Waals surface area contributed by atoms with Crippen LogP contribution in [0.3, 0.4) is 0 Å². The Morgan fingerprint density at radius 3 is 2.79 bits per heavy atom. The minimum Gasteiger partial charge on any atom is -0.340 e. The van der Waals surface area contributed by atoms with Crippen LogP contribution in [0, 0.1) is 0 Å². The molecule has 0 fully saturated rings. The highest BCUT2D eigenvalue weighted by molar-refractivity contribution is 5.71. The van der Waals surface area contributed by atoms with Gasteiger partial charge in [-0.05, 0) is 11.6 Å². The molecule has 0 radical (unpaired) electrons. The summed E-state index contributed by atoms with van der Waals surface area (Å²) < 4.78 is 0. The molecule has 0 amide bonds. The van der Waals surface area contributed by atoms with Crippen LogP contribution in [-0.2, 0) is 6.54 Å². The Bertz CT molecular complexity index is 343. The van der Waals surface area contributed by atoms with Crippen LogP contribution in [0.2, 0.25) is 0 Å². The van der Waals surface area contributed by atoms with Crippen molar-refractivity contribution in [3.8, 4) is 0 Å². The highest BCUT2D eigenvalue weighted by Crippen LogP contribution is 2.08. The monoisotopic (exact) mass is 187 g/mol. The first kappa shape index (κ1) is 8.97. The molecule has 0 aliphatic carbocycles. The molecule has 14 heavy (non-hydrogen) atoms. The third-order valence-corrected chi connectivity index (χ3v) is 2.15. The zero-order valence-electron chi connectivity index (χ0n) is 7.88. The average Bonchev–Trinajstić information content (AvgIpc) is 2.23. The summed E-state index contributed by atoms with van der Waals surface area (Å²) in [6.45, 7) is 0.801. The van der Waals surface area contributed by atoms with Gasteiger partial charge in [0.05, 0.1) is 0 Å². The number of aliphatic imine (C=N–C) groups is 1. The Morgan fingerprint density at radius 1 is 1.29 bits per heavy atom. The van der Waals surface area contributed by atoms with Gasteiger partial charge in [0.25, 0.3) is 0 Å². The molecule has 0 saturated carbocycles. The van der Waals surface area contributed by atoms with Crippen molar-refractivity contribution in [3.63, 3.8) is 0 Å². The van der Waals surface area contributed by atoms with Crippen LogP contribution < -0.4 is 5.73 Å². The number of benzene rings is 1. The smallest absolute Gasteiger partial charge is 0.173 e. The molecule has 3 nitrogen and oxygen atoms in total. The summed E-state index contributed by atoms with van der Waals surface area (Å²) >= 11 is 0. The summed E-state index contributed by atoms with van der Waals surface area (Å²) in [7, 11) is 0. The topological polar surface area (TPSA) is 41.6 Å². The van der Waals surface area contributed by atoms with Crippen molar-refractivity contribution in [2.24, 2.45) is 10.7 Å². The predicted molar refractivity (Wildman–Crippen MR) is 57.6 cm³/mol. The molecule has 1 aromatic rings. The lowest BCUT2D eigenvalue weighted by Gasteiger charge is -2.26. The predicted octanol–water partition coefficient (Wildman–Crippen LogP) is 1.33. The first-order valence-corrected chi connectivity index (χ1v) is 4.61. The van der Waals surface area contributed by atoms with E-state index in [1.807, 2.05) is 35.4 Å². The lowest BCUT2D eigenvalue weighted by atomic mass is 10.2. The minimum absolute atomic E-state index is 0.250. The second kappa shape index (κ2) is 4.07. The fourth-order valence-corrected chi connectivity index (χ4v) is 1.40. The van der Waals surface area contributed by atoms with Crippen molar-refractivity contribution in [1.29, 1.82) is 0 Å². The van der Waals surface area contributed by atoms with Crippen LogP contribution in [0.15, 0.2) is 47.6 Å². The van der Waals surface area contributed by atoms with Crippen molar-refractivity contribution in [2.45, 2.75) is 12.8 Å². The van der Waals surface area contributed by atoms with Gasteiger partial charge in [-0.25, -0.2) is 0 Å². The molecule has 1 heterocycles. The highest BCUT2D eigenvalue weighted by Gasteiger charge is 2.09. The lowest BCUT2D eigenvalue weighted by Crippen LogP contribution is -2.37. The van der Waals surface area contributed by atoms with Crippen molar-refractivity contribution >= 4 is 6.21 Å². The van der Waals surface area contributed by atoms with Crippen LogP contribution in [0.1, 0.15) is 5.56 Å². The van der Waals surface area contributed by atoms with Gasteiger partial charge in [-0.3, -0.25) is 10.7 Å². The maximum atomic E-state index is 5.80. The van der Waals surface area contributed by atoms with E-state index in [-0.39, 0.29) is 6.29 Å². The number of hydrogen-bond donors (Lipinski definition) is 1. The van der Waals surface area contributed by atoms with Gasteiger partial charge in [-0.2, -0.15) is 0 Å². The second-order valence-electron chi connectivity index (χ2n) is 3.21. The van der Waals surface area contributed by atoms with Crippen molar-refractivity contribution < 1.29 is 0 Å². The Balaban J connectivity index is 2.05. The first-order valence-electron chi connectivity index (χ1n) is 4.61. The molecule has 1 aliphatic heterocycles. The molecule has 1 unspecified atom stereocenters. The molecule has 0 saturated heterocycles. The molecular weight excluding hydrogens is 174 g/mol. The van der Waals surface area contributed by atoms with E-state index in [0.717, 1.165) is 6.54 Å². The van der Waals surface area contributed by atoms with Crippen molar-refractivity contribution in [3.05, 3.63) is 48.2 Å². The first-order chi connectivity index (χ1) is 6.86. The Hall–Kier alpha value is -1.61. The molecule has 3 heteroatoms. The number of nitrogens with zero attached hydrogens (tertiary/aromatic N) is 2. The molecule has 2 rings (SSSR count). The van der Waals surface area contributed by atoms with Gasteiger partial charge in [-0.1, -0.05) is 30.3 Å². The van der Waals surface area contributed by atoms with Crippen LogP contribution in [0.5, 0.6) is 0 Å². The van der Waals surface area contributed by atoms with Gasteiger partial charge in [0.2, 0.25) is 0 Å². The van der Waals surface area contributed by atoms with Gasteiger partial charge in [0, 0.05) is 19.0 Å². The minimum atomic E-state index is -0.250. The van der Waals surface area contributed by atoms with Gasteiger partial charge >= 0.3 is 0 Å². The van der Waals surface area contributed by atoms with Gasteiger partial charge in [0.1, 0.15) is 0 Å². The number of hydrogen-bond acceptors (Lipinski definition) is 3. The highest BCUT2D eigenvalue weighted by atomic mass is 15.3. The molecule has 0 aromatic heterocycles. The van der Waals surface area contributed by atoms with Crippen LogP contribution >= 0.6 is 0 Å². The van der Waals surface area contributed by atoms with E-state index in [1.54, 1.807) is 6.21 Å². The van der Waals surface area contributed by atoms with Gasteiger partial charge in [-0.15, -0.1) is 0 Å². The SMILES string of the molecule is NC1N=CC=CN1Cc1ccccc1. The van der Waals surface area contributed by atoms with E-state index >= 15 is 0 Å².